The van der Waals surface area contributed by atoms with E-state index in [-0.39, 0.29) is 12.6 Å². The number of hydrogen-bond donors (Lipinski definition) is 1. The van der Waals surface area contributed by atoms with E-state index in [0.29, 0.717) is 12.3 Å². The summed E-state index contributed by atoms with van der Waals surface area (Å²) < 4.78 is 31.2. The summed E-state index contributed by atoms with van der Waals surface area (Å²) in [6.07, 6.45) is 4.80. The molecule has 0 bridgehead atoms. The quantitative estimate of drug-likeness (QED) is 0.798. The summed E-state index contributed by atoms with van der Waals surface area (Å²) in [4.78, 5) is 0. The van der Waals surface area contributed by atoms with E-state index in [0.717, 1.165) is 17.1 Å². The van der Waals surface area contributed by atoms with Crippen LogP contribution in [0.25, 0.3) is 0 Å². The fraction of sp³-hybridized carbons (Fsp3) is 0.667. The summed E-state index contributed by atoms with van der Waals surface area (Å²) in [5, 5.41) is 9.14. The van der Waals surface area contributed by atoms with Crippen molar-refractivity contribution in [3.05, 3.63) is 12.4 Å². The van der Waals surface area contributed by atoms with Crippen LogP contribution in [-0.2, 0) is 22.0 Å². The van der Waals surface area contributed by atoms with E-state index in [1.807, 2.05) is 0 Å². The lowest BCUT2D eigenvalue weighted by Gasteiger charge is -2.22. The second kappa shape index (κ2) is 4.63. The van der Waals surface area contributed by atoms with Gasteiger partial charge in [-0.05, 0) is 12.8 Å². The van der Waals surface area contributed by atoms with Crippen LogP contribution in [0.15, 0.2) is 12.4 Å². The van der Waals surface area contributed by atoms with Crippen molar-refractivity contribution in [1.29, 1.82) is 0 Å². The lowest BCUT2D eigenvalue weighted by molar-refractivity contribution is 0.118. The second-order valence-electron chi connectivity index (χ2n) is 4.08. The highest BCUT2D eigenvalue weighted by Crippen LogP contribution is 2.20. The largest absolute Gasteiger partial charge is 0.376 e. The minimum Gasteiger partial charge on any atom is -0.376 e. The number of rotatable bonds is 4. The lowest BCUT2D eigenvalue weighted by atomic mass is 10.2. The van der Waals surface area contributed by atoms with Gasteiger partial charge < -0.3 is 4.74 Å². The Morgan fingerprint density at radius 3 is 2.94 bits per heavy atom. The van der Waals surface area contributed by atoms with Gasteiger partial charge >= 0.3 is 0 Å². The molecule has 1 atom stereocenters. The zero-order valence-electron chi connectivity index (χ0n) is 9.61. The third kappa shape index (κ3) is 2.96. The zero-order chi connectivity index (χ0) is 12.5. The third-order valence-electron chi connectivity index (χ3n) is 2.68. The van der Waals surface area contributed by atoms with Crippen LogP contribution in [-0.4, -0.2) is 37.5 Å². The summed E-state index contributed by atoms with van der Waals surface area (Å²) in [5.74, 6) is 0. The van der Waals surface area contributed by atoms with Gasteiger partial charge in [0.05, 0.1) is 24.5 Å². The molecule has 2 N–H and O–H groups in total. The topological polar surface area (TPSA) is 90.5 Å². The van der Waals surface area contributed by atoms with Crippen molar-refractivity contribution in [2.45, 2.75) is 18.9 Å². The van der Waals surface area contributed by atoms with E-state index in [9.17, 15) is 8.42 Å². The van der Waals surface area contributed by atoms with Gasteiger partial charge in [-0.1, -0.05) is 0 Å². The van der Waals surface area contributed by atoms with Crippen molar-refractivity contribution in [3.8, 4) is 0 Å². The van der Waals surface area contributed by atoms with Gasteiger partial charge in [-0.2, -0.15) is 13.5 Å². The van der Waals surface area contributed by atoms with Crippen LogP contribution in [0.1, 0.15) is 12.8 Å². The lowest BCUT2D eigenvalue weighted by Crippen LogP contribution is -2.41. The van der Waals surface area contributed by atoms with Crippen LogP contribution >= 0.6 is 0 Å². The molecular formula is C9H16N4O3S. The molecule has 0 spiro atoms. The van der Waals surface area contributed by atoms with Gasteiger partial charge in [-0.3, -0.25) is 8.99 Å². The summed E-state index contributed by atoms with van der Waals surface area (Å²) in [5.41, 5.74) is 0.463. The predicted octanol–water partition coefficient (Wildman–Crippen LogP) is -0.391. The monoisotopic (exact) mass is 260 g/mol. The summed E-state index contributed by atoms with van der Waals surface area (Å²) in [7, 11) is -2.07. The van der Waals surface area contributed by atoms with Crippen molar-refractivity contribution >= 4 is 15.9 Å². The number of ether oxygens (including phenoxy) is 1. The smallest absolute Gasteiger partial charge is 0.299 e. The molecule has 1 aliphatic rings. The van der Waals surface area contributed by atoms with Gasteiger partial charge in [0.25, 0.3) is 10.2 Å². The first-order valence-corrected chi connectivity index (χ1v) is 6.88. The summed E-state index contributed by atoms with van der Waals surface area (Å²) in [6, 6.07) is 0. The molecule has 2 rings (SSSR count). The van der Waals surface area contributed by atoms with Crippen molar-refractivity contribution in [2.75, 3.05) is 17.5 Å². The Balaban J connectivity index is 2.19. The van der Waals surface area contributed by atoms with Crippen LogP contribution in [0.2, 0.25) is 0 Å². The van der Waals surface area contributed by atoms with Crippen molar-refractivity contribution in [2.24, 2.45) is 12.2 Å². The van der Waals surface area contributed by atoms with E-state index in [1.54, 1.807) is 13.2 Å². The molecule has 8 heteroatoms. The Morgan fingerprint density at radius 1 is 1.71 bits per heavy atom. The number of nitrogens with zero attached hydrogens (tertiary/aromatic N) is 3. The molecule has 7 nitrogen and oxygen atoms in total. The van der Waals surface area contributed by atoms with Gasteiger partial charge in [0.1, 0.15) is 0 Å². The molecule has 0 aliphatic carbocycles. The Kier molecular flexibility index (Phi) is 3.36. The van der Waals surface area contributed by atoms with E-state index in [2.05, 4.69) is 5.10 Å². The number of aryl methyl sites for hydroxylation is 1. The highest BCUT2D eigenvalue weighted by Gasteiger charge is 2.26. The first kappa shape index (κ1) is 12.3. The Morgan fingerprint density at radius 2 is 2.47 bits per heavy atom. The first-order chi connectivity index (χ1) is 7.97. The molecule has 1 aromatic rings. The molecule has 0 aromatic carbocycles. The average Bonchev–Trinajstić information content (AvgIpc) is 2.83. The zero-order valence-corrected chi connectivity index (χ0v) is 10.4. The molecule has 17 heavy (non-hydrogen) atoms. The minimum absolute atomic E-state index is 0.0893. The Labute approximate surface area is 100 Å². The SMILES string of the molecule is Cn1cc(N(CC2CCCO2)S(N)(=O)=O)cn1. The minimum atomic E-state index is -3.79. The highest BCUT2D eigenvalue weighted by molar-refractivity contribution is 7.90. The van der Waals surface area contributed by atoms with Crippen molar-refractivity contribution < 1.29 is 13.2 Å². The number of nitrogens with two attached hydrogens (primary N) is 1. The molecule has 0 saturated carbocycles. The Hall–Kier alpha value is -1.12. The normalized spacial score (nSPS) is 20.7. The van der Waals surface area contributed by atoms with Gasteiger partial charge in [0, 0.05) is 19.9 Å². The highest BCUT2D eigenvalue weighted by atomic mass is 32.2. The summed E-state index contributed by atoms with van der Waals surface area (Å²) >= 11 is 0. The van der Waals surface area contributed by atoms with Crippen LogP contribution in [0.5, 0.6) is 0 Å². The predicted molar refractivity (Wildman–Crippen MR) is 62.6 cm³/mol. The van der Waals surface area contributed by atoms with Gasteiger partial charge in [-0.25, -0.2) is 5.14 Å². The van der Waals surface area contributed by atoms with Gasteiger partial charge in [0.2, 0.25) is 0 Å². The molecule has 1 aliphatic heterocycles. The third-order valence-corrected chi connectivity index (χ3v) is 3.65. The number of anilines is 1. The van der Waals surface area contributed by atoms with E-state index >= 15 is 0 Å². The van der Waals surface area contributed by atoms with Crippen LogP contribution in [0.4, 0.5) is 5.69 Å². The molecule has 1 fully saturated rings. The van der Waals surface area contributed by atoms with E-state index in [4.69, 9.17) is 9.88 Å². The summed E-state index contributed by atoms with van der Waals surface area (Å²) in [6.45, 7) is 0.917. The maximum Gasteiger partial charge on any atom is 0.299 e. The molecular weight excluding hydrogens is 244 g/mol. The maximum absolute atomic E-state index is 11.5. The van der Waals surface area contributed by atoms with Crippen LogP contribution in [0.3, 0.4) is 0 Å². The molecule has 1 saturated heterocycles. The van der Waals surface area contributed by atoms with Crippen molar-refractivity contribution in [1.82, 2.24) is 9.78 Å². The van der Waals surface area contributed by atoms with E-state index < -0.39 is 10.2 Å². The van der Waals surface area contributed by atoms with Gasteiger partial charge in [-0.15, -0.1) is 0 Å². The average molecular weight is 260 g/mol. The first-order valence-electron chi connectivity index (χ1n) is 5.37. The van der Waals surface area contributed by atoms with Crippen molar-refractivity contribution in [3.63, 3.8) is 0 Å². The molecule has 0 radical (unpaired) electrons. The molecule has 1 aromatic heterocycles. The standard InChI is InChI=1S/C9H16N4O3S/c1-12-6-8(5-11-12)13(17(10,14)15)7-9-3-2-4-16-9/h5-6,9H,2-4,7H2,1H3,(H2,10,14,15). The molecule has 96 valence electrons. The maximum atomic E-state index is 11.5. The molecule has 0 amide bonds. The number of aromatic nitrogens is 2. The fourth-order valence-corrected chi connectivity index (χ4v) is 2.63. The second-order valence-corrected chi connectivity index (χ2v) is 5.55. The molecule has 2 heterocycles. The Bertz CT molecular complexity index is 478. The van der Waals surface area contributed by atoms with Crippen LogP contribution in [0, 0.1) is 0 Å². The van der Waals surface area contributed by atoms with Crippen LogP contribution < -0.4 is 9.44 Å². The number of hydrogen-bond acceptors (Lipinski definition) is 4. The molecule has 1 unspecified atom stereocenters. The van der Waals surface area contributed by atoms with Gasteiger partial charge in [0.15, 0.2) is 0 Å². The van der Waals surface area contributed by atoms with E-state index in [1.165, 1.54) is 10.9 Å². The fourth-order valence-electron chi connectivity index (χ4n) is 1.87.